The Kier molecular flexibility index (Phi) is 26.7. The van der Waals surface area contributed by atoms with Gasteiger partial charge in [-0.2, -0.15) is 0 Å². The number of hydrogen-bond donors (Lipinski definition) is 5. The van der Waals surface area contributed by atoms with Crippen LogP contribution in [0.5, 0.6) is 0 Å². The highest BCUT2D eigenvalue weighted by Gasteiger charge is 2.47. The summed E-state index contributed by atoms with van der Waals surface area (Å²) in [7, 11) is 0. The van der Waals surface area contributed by atoms with Gasteiger partial charge in [0, 0.05) is 20.3 Å². The van der Waals surface area contributed by atoms with E-state index in [1.807, 2.05) is 6.92 Å². The highest BCUT2D eigenvalue weighted by molar-refractivity contribution is 5.69. The number of aliphatic hydroxyl groups excluding tert-OH is 5. The first-order valence-corrected chi connectivity index (χ1v) is 21.4. The topological polar surface area (TPSA) is 217 Å². The highest BCUT2D eigenvalue weighted by Crippen LogP contribution is 2.30. The number of carbonyl (C=O) groups is 3. The van der Waals surface area contributed by atoms with Crippen LogP contribution < -0.4 is 0 Å². The summed E-state index contributed by atoms with van der Waals surface area (Å²) < 4.78 is 38.9. The van der Waals surface area contributed by atoms with Gasteiger partial charge in [-0.15, -0.1) is 0 Å². The number of rotatable bonds is 30. The van der Waals surface area contributed by atoms with Gasteiger partial charge in [-0.3, -0.25) is 14.4 Å². The molecule has 2 aliphatic rings. The summed E-state index contributed by atoms with van der Waals surface area (Å²) in [5.41, 5.74) is 0. The van der Waals surface area contributed by atoms with E-state index >= 15 is 0 Å². The van der Waals surface area contributed by atoms with Crippen molar-refractivity contribution in [3.8, 4) is 0 Å². The van der Waals surface area contributed by atoms with Gasteiger partial charge in [-0.1, -0.05) is 76.9 Å². The molecule has 15 nitrogen and oxygen atoms in total. The fourth-order valence-corrected chi connectivity index (χ4v) is 6.89. The minimum Gasteiger partial charge on any atom is -0.466 e. The van der Waals surface area contributed by atoms with Crippen molar-refractivity contribution in [2.45, 2.75) is 198 Å². The fraction of sp³-hybridized carbons (Fsp3) is 0.881. The van der Waals surface area contributed by atoms with Gasteiger partial charge in [0.25, 0.3) is 0 Å². The van der Waals surface area contributed by atoms with Crippen molar-refractivity contribution in [3.63, 3.8) is 0 Å². The van der Waals surface area contributed by atoms with Crippen molar-refractivity contribution < 1.29 is 73.1 Å². The summed E-state index contributed by atoms with van der Waals surface area (Å²) in [6.07, 6.45) is 9.91. The minimum absolute atomic E-state index is 0.0656. The molecule has 0 amide bonds. The zero-order valence-corrected chi connectivity index (χ0v) is 34.9. The first-order valence-electron chi connectivity index (χ1n) is 21.4. The zero-order valence-electron chi connectivity index (χ0n) is 34.9. The molecular weight excluding hydrogens is 744 g/mol. The molecule has 0 bridgehead atoms. The van der Waals surface area contributed by atoms with Crippen LogP contribution in [0.15, 0.2) is 12.2 Å². The smallest absolute Gasteiger partial charge is 0.305 e. The molecule has 57 heavy (non-hydrogen) atoms. The molecule has 2 heterocycles. The first kappa shape index (κ1) is 50.9. The average Bonchev–Trinajstić information content (AvgIpc) is 3.17. The van der Waals surface area contributed by atoms with E-state index in [0.717, 1.165) is 83.5 Å². The Balaban J connectivity index is 1.69. The van der Waals surface area contributed by atoms with Crippen molar-refractivity contribution in [2.24, 2.45) is 5.92 Å². The third-order valence-corrected chi connectivity index (χ3v) is 10.4. The van der Waals surface area contributed by atoms with E-state index in [1.165, 1.54) is 33.1 Å². The number of ether oxygens (including phenoxy) is 7. The molecular formula is C42H74O15. The van der Waals surface area contributed by atoms with Crippen molar-refractivity contribution in [2.75, 3.05) is 33.0 Å². The van der Waals surface area contributed by atoms with E-state index in [-0.39, 0.29) is 38.5 Å². The predicted molar refractivity (Wildman–Crippen MR) is 210 cm³/mol. The third-order valence-electron chi connectivity index (χ3n) is 10.4. The SMILES string of the molecule is CCCCCCOC(=O)CCCCCCC/C=C\CCCCCCC(C)O[C@@H]1O[C@H](COC(C)=O)[C@@H](O)[C@H](O)[C@H]1COC[C@@H]1O[C@H](COC(C)=O)[C@@H](O)[C@H](O)[C@H]1O. The van der Waals surface area contributed by atoms with Crippen LogP contribution in [-0.2, 0) is 47.5 Å². The largest absolute Gasteiger partial charge is 0.466 e. The maximum atomic E-state index is 11.8. The highest BCUT2D eigenvalue weighted by atomic mass is 16.7. The number of hydrogen-bond acceptors (Lipinski definition) is 15. The lowest BCUT2D eigenvalue weighted by atomic mass is 9.91. The van der Waals surface area contributed by atoms with Crippen LogP contribution in [0.3, 0.4) is 0 Å². The summed E-state index contributed by atoms with van der Waals surface area (Å²) in [5.74, 6) is -2.11. The molecule has 2 aliphatic heterocycles. The Labute approximate surface area is 339 Å². The molecule has 0 saturated carbocycles. The molecule has 2 saturated heterocycles. The van der Waals surface area contributed by atoms with E-state index in [4.69, 9.17) is 33.2 Å². The maximum absolute atomic E-state index is 11.8. The molecule has 0 aromatic rings. The van der Waals surface area contributed by atoms with Gasteiger partial charge in [0.1, 0.15) is 55.9 Å². The van der Waals surface area contributed by atoms with Crippen LogP contribution in [0.2, 0.25) is 0 Å². The fourth-order valence-electron chi connectivity index (χ4n) is 6.89. The maximum Gasteiger partial charge on any atom is 0.305 e. The molecule has 2 rings (SSSR count). The van der Waals surface area contributed by atoms with Crippen molar-refractivity contribution in [1.29, 1.82) is 0 Å². The Morgan fingerprint density at radius 3 is 1.74 bits per heavy atom. The van der Waals surface area contributed by atoms with Gasteiger partial charge in [0.05, 0.1) is 37.9 Å². The third kappa shape index (κ3) is 21.0. The van der Waals surface area contributed by atoms with Gasteiger partial charge >= 0.3 is 17.9 Å². The van der Waals surface area contributed by atoms with Gasteiger partial charge < -0.3 is 58.7 Å². The van der Waals surface area contributed by atoms with Crippen molar-refractivity contribution in [3.05, 3.63) is 12.2 Å². The molecule has 1 unspecified atom stereocenters. The molecule has 11 atom stereocenters. The van der Waals surface area contributed by atoms with Gasteiger partial charge in [-0.05, 0) is 51.9 Å². The Morgan fingerprint density at radius 1 is 0.596 bits per heavy atom. The van der Waals surface area contributed by atoms with Gasteiger partial charge in [-0.25, -0.2) is 0 Å². The van der Waals surface area contributed by atoms with Crippen molar-refractivity contribution in [1.82, 2.24) is 0 Å². The quantitative estimate of drug-likeness (QED) is 0.0297. The van der Waals surface area contributed by atoms with Crippen molar-refractivity contribution >= 4 is 17.9 Å². The lowest BCUT2D eigenvalue weighted by Crippen LogP contribution is -2.60. The number of esters is 3. The molecule has 0 aromatic carbocycles. The average molecular weight is 819 g/mol. The molecule has 2 fully saturated rings. The van der Waals surface area contributed by atoms with Crippen LogP contribution in [0.1, 0.15) is 137 Å². The molecule has 5 N–H and O–H groups in total. The molecule has 0 aliphatic carbocycles. The van der Waals surface area contributed by atoms with Crippen LogP contribution in [0.25, 0.3) is 0 Å². The summed E-state index contributed by atoms with van der Waals surface area (Å²) >= 11 is 0. The second-order valence-electron chi connectivity index (χ2n) is 15.5. The number of allylic oxidation sites excluding steroid dienone is 2. The summed E-state index contributed by atoms with van der Waals surface area (Å²) in [4.78, 5) is 34.5. The van der Waals surface area contributed by atoms with E-state index < -0.39 is 73.0 Å². The monoisotopic (exact) mass is 819 g/mol. The van der Waals surface area contributed by atoms with E-state index in [0.29, 0.717) is 13.0 Å². The summed E-state index contributed by atoms with van der Waals surface area (Å²) in [6.45, 7) is 5.95. The van der Waals surface area contributed by atoms with E-state index in [9.17, 15) is 39.9 Å². The Hall–Kier alpha value is -2.21. The van der Waals surface area contributed by atoms with Crippen LogP contribution in [0, 0.1) is 5.92 Å². The normalized spacial score (nSPS) is 28.3. The number of carbonyl (C=O) groups excluding carboxylic acids is 3. The van der Waals surface area contributed by atoms with Crippen LogP contribution in [-0.4, -0.2) is 138 Å². The molecule has 0 spiro atoms. The molecule has 332 valence electrons. The molecule has 0 radical (unpaired) electrons. The van der Waals surface area contributed by atoms with E-state index in [1.54, 1.807) is 0 Å². The zero-order chi connectivity index (χ0) is 42.0. The second-order valence-corrected chi connectivity index (χ2v) is 15.5. The van der Waals surface area contributed by atoms with Gasteiger partial charge in [0.15, 0.2) is 6.29 Å². The number of aliphatic hydroxyl groups is 5. The van der Waals surface area contributed by atoms with Crippen LogP contribution >= 0.6 is 0 Å². The Morgan fingerprint density at radius 2 is 1.12 bits per heavy atom. The lowest BCUT2D eigenvalue weighted by molar-refractivity contribution is -0.304. The number of unbranched alkanes of at least 4 members (excludes halogenated alkanes) is 12. The predicted octanol–water partition coefficient (Wildman–Crippen LogP) is 4.20. The minimum atomic E-state index is -1.58. The first-order chi connectivity index (χ1) is 27.3. The standard InChI is InChI=1S/C42H74O15/c1-5-6-7-21-24-52-36(45)23-20-18-16-14-12-10-8-9-11-13-15-17-19-22-29(2)55-42-32(37(46)38(47)35(57-42)28-54-31(4)44)25-51-26-33-39(48)41(50)40(49)34(56-33)27-53-30(3)43/h8-9,29,32-35,37-42,46-50H,5-7,10-28H2,1-4H3/b9-8-/t29?,32-,33+,34-,35-,37-,38-,39+,40-,41-,42-/m1/s1. The summed E-state index contributed by atoms with van der Waals surface area (Å²) in [5, 5.41) is 53.0. The molecule has 0 aromatic heterocycles. The molecule has 15 heteroatoms. The Bertz CT molecular complexity index is 1120. The van der Waals surface area contributed by atoms with E-state index in [2.05, 4.69) is 19.1 Å². The van der Waals surface area contributed by atoms with Crippen LogP contribution in [0.4, 0.5) is 0 Å². The summed E-state index contributed by atoms with van der Waals surface area (Å²) in [6, 6.07) is 0. The van der Waals surface area contributed by atoms with Gasteiger partial charge in [0.2, 0.25) is 0 Å². The lowest BCUT2D eigenvalue weighted by Gasteiger charge is -2.43. The second kappa shape index (κ2) is 29.9.